The lowest BCUT2D eigenvalue weighted by Crippen LogP contribution is -2.49. The number of hydrogen-bond donors (Lipinski definition) is 1. The number of hydrogen-bond acceptors (Lipinski definition) is 7. The molecular formula is C26H32N4O4S. The van der Waals surface area contributed by atoms with Crippen LogP contribution in [0.25, 0.3) is 11.1 Å². The molecule has 3 atom stereocenters. The van der Waals surface area contributed by atoms with Gasteiger partial charge in [-0.25, -0.2) is 8.42 Å². The van der Waals surface area contributed by atoms with Crippen molar-refractivity contribution in [3.63, 3.8) is 0 Å². The van der Waals surface area contributed by atoms with Crippen LogP contribution in [0.3, 0.4) is 0 Å². The molecule has 35 heavy (non-hydrogen) atoms. The number of nitrogens with zero attached hydrogens (tertiary/aromatic N) is 4. The Morgan fingerprint density at radius 3 is 2.54 bits per heavy atom. The van der Waals surface area contributed by atoms with Crippen LogP contribution in [-0.2, 0) is 16.6 Å². The van der Waals surface area contributed by atoms with Crippen molar-refractivity contribution in [2.24, 2.45) is 5.92 Å². The zero-order valence-corrected chi connectivity index (χ0v) is 21.1. The topological polar surface area (TPSA) is 95.9 Å². The Labute approximate surface area is 207 Å². The van der Waals surface area contributed by atoms with Crippen LogP contribution in [-0.4, -0.2) is 71.6 Å². The lowest BCUT2D eigenvalue weighted by Gasteiger charge is -2.37. The van der Waals surface area contributed by atoms with Gasteiger partial charge in [0, 0.05) is 61.9 Å². The maximum absolute atomic E-state index is 13.6. The monoisotopic (exact) mass is 496 g/mol. The summed E-state index contributed by atoms with van der Waals surface area (Å²) in [5.41, 5.74) is 2.78. The highest BCUT2D eigenvalue weighted by atomic mass is 32.2. The molecule has 3 aromatic rings. The molecule has 0 fully saturated rings. The Balaban J connectivity index is 1.72. The summed E-state index contributed by atoms with van der Waals surface area (Å²) < 4.78 is 35.2. The van der Waals surface area contributed by atoms with Crippen molar-refractivity contribution in [3.05, 3.63) is 72.8 Å². The molecular weight excluding hydrogens is 464 g/mol. The largest absolute Gasteiger partial charge is 0.487 e. The number of ether oxygens (including phenoxy) is 1. The van der Waals surface area contributed by atoms with Crippen molar-refractivity contribution in [1.82, 2.24) is 19.2 Å². The molecule has 0 spiro atoms. The highest BCUT2D eigenvalue weighted by molar-refractivity contribution is 7.89. The molecule has 9 heteroatoms. The molecule has 0 bridgehead atoms. The first kappa shape index (κ1) is 25.2. The molecule has 4 rings (SSSR count). The molecule has 1 aromatic carbocycles. The zero-order valence-electron chi connectivity index (χ0n) is 20.3. The van der Waals surface area contributed by atoms with Crippen LogP contribution in [0.2, 0.25) is 0 Å². The standard InChI is InChI=1S/C26H32N4O4S/c1-19-15-30(20(2)18-31)35(32,33)26-9-8-22(23-7-5-11-28-14-23)12-24(26)34-25(19)17-29(3)16-21-6-4-10-27-13-21/h4-14,19-20,25,31H,15-18H2,1-3H3/t19-,20-,25+/m0/s1. The number of fused-ring (bicyclic) bond motifs is 1. The number of sulfonamides is 1. The van der Waals surface area contributed by atoms with E-state index >= 15 is 0 Å². The third-order valence-electron chi connectivity index (χ3n) is 6.33. The third-order valence-corrected chi connectivity index (χ3v) is 8.35. The maximum Gasteiger partial charge on any atom is 0.247 e. The van der Waals surface area contributed by atoms with Gasteiger partial charge < -0.3 is 9.84 Å². The summed E-state index contributed by atoms with van der Waals surface area (Å²) in [6.07, 6.45) is 6.75. The van der Waals surface area contributed by atoms with Gasteiger partial charge in [0.2, 0.25) is 10.0 Å². The highest BCUT2D eigenvalue weighted by Gasteiger charge is 2.38. The summed E-state index contributed by atoms with van der Waals surface area (Å²) in [5.74, 6) is 0.193. The lowest BCUT2D eigenvalue weighted by atomic mass is 10.0. The fourth-order valence-electron chi connectivity index (χ4n) is 4.33. The second kappa shape index (κ2) is 10.8. The van der Waals surface area contributed by atoms with Crippen LogP contribution in [0, 0.1) is 5.92 Å². The Bertz CT molecular complexity index is 1220. The number of pyridine rings is 2. The number of benzene rings is 1. The van der Waals surface area contributed by atoms with E-state index in [1.165, 1.54) is 4.31 Å². The first-order valence-corrected chi connectivity index (χ1v) is 13.1. The molecule has 1 aliphatic heterocycles. The molecule has 2 aromatic heterocycles. The maximum atomic E-state index is 13.6. The minimum Gasteiger partial charge on any atom is -0.487 e. The van der Waals surface area contributed by atoms with Crippen molar-refractivity contribution in [2.45, 2.75) is 37.4 Å². The van der Waals surface area contributed by atoms with Gasteiger partial charge >= 0.3 is 0 Å². The molecule has 0 amide bonds. The van der Waals surface area contributed by atoms with Crippen molar-refractivity contribution >= 4 is 10.0 Å². The molecule has 0 saturated carbocycles. The van der Waals surface area contributed by atoms with Crippen molar-refractivity contribution in [3.8, 4) is 16.9 Å². The van der Waals surface area contributed by atoms with Gasteiger partial charge in [0.25, 0.3) is 0 Å². The van der Waals surface area contributed by atoms with Crippen molar-refractivity contribution < 1.29 is 18.3 Å². The summed E-state index contributed by atoms with van der Waals surface area (Å²) in [5, 5.41) is 9.83. The predicted molar refractivity (Wildman–Crippen MR) is 134 cm³/mol. The Hall–Kier alpha value is -2.85. The van der Waals surface area contributed by atoms with Gasteiger partial charge in [-0.2, -0.15) is 4.31 Å². The summed E-state index contributed by atoms with van der Waals surface area (Å²) >= 11 is 0. The van der Waals surface area contributed by atoms with E-state index in [9.17, 15) is 13.5 Å². The van der Waals surface area contributed by atoms with Gasteiger partial charge in [0.1, 0.15) is 16.7 Å². The predicted octanol–water partition coefficient (Wildman–Crippen LogP) is 3.04. The van der Waals surface area contributed by atoms with E-state index in [1.54, 1.807) is 43.7 Å². The Morgan fingerprint density at radius 1 is 1.14 bits per heavy atom. The molecule has 3 heterocycles. The normalized spacial score (nSPS) is 20.9. The van der Waals surface area contributed by atoms with Crippen LogP contribution < -0.4 is 4.74 Å². The van der Waals surface area contributed by atoms with Gasteiger partial charge in [-0.3, -0.25) is 14.9 Å². The van der Waals surface area contributed by atoms with Gasteiger partial charge in [0.15, 0.2) is 0 Å². The second-order valence-corrected chi connectivity index (χ2v) is 11.1. The molecule has 0 unspecified atom stereocenters. The average Bonchev–Trinajstić information content (AvgIpc) is 2.86. The number of rotatable bonds is 7. The van der Waals surface area contributed by atoms with Crippen LogP contribution in [0.5, 0.6) is 5.75 Å². The average molecular weight is 497 g/mol. The van der Waals surface area contributed by atoms with Crippen molar-refractivity contribution in [1.29, 1.82) is 0 Å². The van der Waals surface area contributed by atoms with Gasteiger partial charge in [-0.05, 0) is 49.4 Å². The molecule has 1 N–H and O–H groups in total. The molecule has 0 aliphatic carbocycles. The number of aromatic nitrogens is 2. The van der Waals surface area contributed by atoms with E-state index in [-0.39, 0.29) is 30.1 Å². The SMILES string of the molecule is C[C@H]1CN([C@@H](C)CO)S(=O)(=O)c2ccc(-c3cccnc3)cc2O[C@@H]1CN(C)Cc1cccnc1. The smallest absolute Gasteiger partial charge is 0.247 e. The minimum atomic E-state index is -3.88. The molecule has 1 aliphatic rings. The zero-order chi connectivity index (χ0) is 25.0. The molecule has 186 valence electrons. The van der Waals surface area contributed by atoms with Crippen LogP contribution in [0.15, 0.2) is 72.1 Å². The number of aliphatic hydroxyl groups is 1. The number of aliphatic hydroxyl groups excluding tert-OH is 1. The number of likely N-dealkylation sites (N-methyl/N-ethyl adjacent to an activating group) is 1. The van der Waals surface area contributed by atoms with E-state index in [0.29, 0.717) is 18.8 Å². The van der Waals surface area contributed by atoms with Crippen LogP contribution >= 0.6 is 0 Å². The second-order valence-electron chi connectivity index (χ2n) is 9.20. The fraction of sp³-hybridized carbons (Fsp3) is 0.385. The van der Waals surface area contributed by atoms with Gasteiger partial charge in [0.05, 0.1) is 6.61 Å². The Morgan fingerprint density at radius 2 is 1.89 bits per heavy atom. The van der Waals surface area contributed by atoms with Crippen LogP contribution in [0.1, 0.15) is 19.4 Å². The van der Waals surface area contributed by atoms with E-state index in [1.807, 2.05) is 44.4 Å². The molecule has 8 nitrogen and oxygen atoms in total. The first-order valence-electron chi connectivity index (χ1n) is 11.7. The minimum absolute atomic E-state index is 0.109. The quantitative estimate of drug-likeness (QED) is 0.537. The molecule has 0 saturated heterocycles. The van der Waals surface area contributed by atoms with E-state index < -0.39 is 16.1 Å². The summed E-state index contributed by atoms with van der Waals surface area (Å²) in [6, 6.07) is 12.3. The lowest BCUT2D eigenvalue weighted by molar-refractivity contribution is 0.0734. The van der Waals surface area contributed by atoms with E-state index in [4.69, 9.17) is 4.74 Å². The highest BCUT2D eigenvalue weighted by Crippen LogP contribution is 2.36. The van der Waals surface area contributed by atoms with Crippen LogP contribution in [0.4, 0.5) is 0 Å². The fourth-order valence-corrected chi connectivity index (χ4v) is 6.16. The first-order chi connectivity index (χ1) is 16.8. The van der Waals surface area contributed by atoms with Gasteiger partial charge in [-0.15, -0.1) is 0 Å². The van der Waals surface area contributed by atoms with Crippen molar-refractivity contribution in [2.75, 3.05) is 26.7 Å². The summed E-state index contributed by atoms with van der Waals surface area (Å²) in [7, 11) is -1.86. The third kappa shape index (κ3) is 5.70. The summed E-state index contributed by atoms with van der Waals surface area (Å²) in [6.45, 7) is 4.98. The summed E-state index contributed by atoms with van der Waals surface area (Å²) in [4.78, 5) is 10.6. The van der Waals surface area contributed by atoms with Gasteiger partial charge in [-0.1, -0.05) is 25.1 Å². The Kier molecular flexibility index (Phi) is 7.81. The molecule has 0 radical (unpaired) electrons. The van der Waals surface area contributed by atoms with E-state index in [2.05, 4.69) is 14.9 Å². The van der Waals surface area contributed by atoms with E-state index in [0.717, 1.165) is 16.7 Å².